The number of hydrogen-bond donors (Lipinski definition) is 1. The fourth-order valence-corrected chi connectivity index (χ4v) is 2.68. The van der Waals surface area contributed by atoms with Crippen LogP contribution < -0.4 is 5.32 Å². The molecule has 1 aliphatic heterocycles. The predicted octanol–water partition coefficient (Wildman–Crippen LogP) is 2.73. The zero-order valence-corrected chi connectivity index (χ0v) is 12.6. The molecule has 1 heterocycles. The fraction of sp³-hybridized carbons (Fsp3) is 0.562. The average Bonchev–Trinajstić information content (AvgIpc) is 2.48. The Morgan fingerprint density at radius 3 is 2.57 bits per heavy atom. The van der Waals surface area contributed by atoms with Crippen molar-refractivity contribution in [1.82, 2.24) is 10.2 Å². The zero-order valence-electron chi connectivity index (χ0n) is 12.6. The first-order valence-electron chi connectivity index (χ1n) is 7.48. The van der Waals surface area contributed by atoms with Crippen LogP contribution in [-0.2, 0) is 0 Å². The van der Waals surface area contributed by atoms with Gasteiger partial charge in [-0.1, -0.05) is 6.92 Å². The number of amides is 1. The van der Waals surface area contributed by atoms with Crippen molar-refractivity contribution >= 4 is 5.91 Å². The minimum Gasteiger partial charge on any atom is -0.339 e. The van der Waals surface area contributed by atoms with Crippen molar-refractivity contribution in [1.29, 1.82) is 0 Å². The largest absolute Gasteiger partial charge is 0.339 e. The monoisotopic (exact) mass is 296 g/mol. The fourth-order valence-electron chi connectivity index (χ4n) is 2.68. The summed E-state index contributed by atoms with van der Waals surface area (Å²) in [5.41, 5.74) is 0.265. The summed E-state index contributed by atoms with van der Waals surface area (Å²) in [5, 5.41) is 3.31. The van der Waals surface area contributed by atoms with Gasteiger partial charge in [-0.3, -0.25) is 4.79 Å². The van der Waals surface area contributed by atoms with E-state index in [1.165, 1.54) is 13.0 Å². The van der Waals surface area contributed by atoms with E-state index in [1.54, 1.807) is 4.90 Å². The number of nitrogens with one attached hydrogen (secondary N) is 1. The molecule has 0 bridgehead atoms. The number of nitrogens with zero attached hydrogens (tertiary/aromatic N) is 1. The van der Waals surface area contributed by atoms with Crippen molar-refractivity contribution in [3.63, 3.8) is 0 Å². The summed E-state index contributed by atoms with van der Waals surface area (Å²) in [6.07, 6.45) is 1.83. The number of aryl methyl sites for hydroxylation is 1. The van der Waals surface area contributed by atoms with Crippen LogP contribution >= 0.6 is 0 Å². The molecule has 1 aromatic carbocycles. The van der Waals surface area contributed by atoms with Gasteiger partial charge in [0.15, 0.2) is 0 Å². The molecular formula is C16H22F2N2O. The molecule has 1 saturated heterocycles. The van der Waals surface area contributed by atoms with Crippen molar-refractivity contribution in [3.05, 3.63) is 34.9 Å². The van der Waals surface area contributed by atoms with Crippen molar-refractivity contribution in [2.75, 3.05) is 26.2 Å². The van der Waals surface area contributed by atoms with Gasteiger partial charge in [0.1, 0.15) is 11.6 Å². The summed E-state index contributed by atoms with van der Waals surface area (Å²) < 4.78 is 27.0. The molecule has 0 saturated carbocycles. The zero-order chi connectivity index (χ0) is 15.4. The van der Waals surface area contributed by atoms with E-state index < -0.39 is 11.6 Å². The van der Waals surface area contributed by atoms with E-state index in [9.17, 15) is 13.6 Å². The number of likely N-dealkylation sites (tertiary alicyclic amines) is 1. The molecule has 2 rings (SSSR count). The summed E-state index contributed by atoms with van der Waals surface area (Å²) in [6, 6.07) is 2.10. The van der Waals surface area contributed by atoms with Gasteiger partial charge in [-0.05, 0) is 50.4 Å². The first kappa shape index (κ1) is 15.9. The lowest BCUT2D eigenvalue weighted by Gasteiger charge is -2.32. The maximum absolute atomic E-state index is 13.8. The van der Waals surface area contributed by atoms with Crippen LogP contribution in [0.5, 0.6) is 0 Å². The molecular weight excluding hydrogens is 274 g/mol. The Labute approximate surface area is 124 Å². The molecule has 0 unspecified atom stereocenters. The van der Waals surface area contributed by atoms with E-state index >= 15 is 0 Å². The average molecular weight is 296 g/mol. The second-order valence-electron chi connectivity index (χ2n) is 5.62. The Bertz CT molecular complexity index is 511. The number of hydrogen-bond acceptors (Lipinski definition) is 2. The number of rotatable bonds is 4. The topological polar surface area (TPSA) is 32.3 Å². The Morgan fingerprint density at radius 1 is 1.29 bits per heavy atom. The van der Waals surface area contributed by atoms with Crippen LogP contribution in [-0.4, -0.2) is 37.0 Å². The highest BCUT2D eigenvalue weighted by Gasteiger charge is 2.25. The van der Waals surface area contributed by atoms with Crippen molar-refractivity contribution in [2.45, 2.75) is 26.7 Å². The number of halogens is 2. The lowest BCUT2D eigenvalue weighted by molar-refractivity contribution is 0.0685. The molecule has 0 radical (unpaired) electrons. The molecule has 0 spiro atoms. The lowest BCUT2D eigenvalue weighted by Crippen LogP contribution is -2.41. The van der Waals surface area contributed by atoms with Gasteiger partial charge >= 0.3 is 0 Å². The highest BCUT2D eigenvalue weighted by Crippen LogP contribution is 2.21. The van der Waals surface area contributed by atoms with Crippen molar-refractivity contribution in [3.8, 4) is 0 Å². The molecule has 1 N–H and O–H groups in total. The van der Waals surface area contributed by atoms with E-state index in [0.29, 0.717) is 24.6 Å². The SMILES string of the molecule is CCNCC1CCN(C(=O)c2cc(C)c(F)cc2F)CC1. The minimum atomic E-state index is -0.780. The molecule has 0 aromatic heterocycles. The van der Waals surface area contributed by atoms with Gasteiger partial charge < -0.3 is 10.2 Å². The number of carbonyl (C=O) groups is 1. The highest BCUT2D eigenvalue weighted by molar-refractivity contribution is 5.94. The van der Waals surface area contributed by atoms with Gasteiger partial charge in [-0.15, -0.1) is 0 Å². The van der Waals surface area contributed by atoms with Crippen LogP contribution in [0.15, 0.2) is 12.1 Å². The van der Waals surface area contributed by atoms with Gasteiger partial charge in [0.05, 0.1) is 5.56 Å². The van der Waals surface area contributed by atoms with Crippen LogP contribution in [0.4, 0.5) is 8.78 Å². The molecule has 1 aromatic rings. The molecule has 1 aliphatic rings. The molecule has 1 amide bonds. The van der Waals surface area contributed by atoms with Gasteiger partial charge in [-0.2, -0.15) is 0 Å². The second kappa shape index (κ2) is 6.98. The smallest absolute Gasteiger partial charge is 0.256 e. The van der Waals surface area contributed by atoms with Crippen LogP contribution in [0, 0.1) is 24.5 Å². The van der Waals surface area contributed by atoms with E-state index in [-0.39, 0.29) is 11.5 Å². The molecule has 1 fully saturated rings. The van der Waals surface area contributed by atoms with Crippen molar-refractivity contribution < 1.29 is 13.6 Å². The third-order valence-corrected chi connectivity index (χ3v) is 4.06. The van der Waals surface area contributed by atoms with Gasteiger partial charge in [-0.25, -0.2) is 8.78 Å². The molecule has 3 nitrogen and oxygen atoms in total. The molecule has 0 atom stereocenters. The molecule has 0 aliphatic carbocycles. The summed E-state index contributed by atoms with van der Waals surface area (Å²) in [6.45, 7) is 6.77. The summed E-state index contributed by atoms with van der Waals surface area (Å²) in [5.74, 6) is -1.17. The quantitative estimate of drug-likeness (QED) is 0.926. The minimum absolute atomic E-state index is 0.0287. The third-order valence-electron chi connectivity index (χ3n) is 4.06. The van der Waals surface area contributed by atoms with Crippen LogP contribution in [0.25, 0.3) is 0 Å². The van der Waals surface area contributed by atoms with Crippen LogP contribution in [0.1, 0.15) is 35.7 Å². The summed E-state index contributed by atoms with van der Waals surface area (Å²) >= 11 is 0. The predicted molar refractivity (Wildman–Crippen MR) is 78.3 cm³/mol. The number of carbonyl (C=O) groups excluding carboxylic acids is 1. The maximum Gasteiger partial charge on any atom is 0.256 e. The Morgan fingerprint density at radius 2 is 1.95 bits per heavy atom. The lowest BCUT2D eigenvalue weighted by atomic mass is 9.96. The second-order valence-corrected chi connectivity index (χ2v) is 5.62. The van der Waals surface area contributed by atoms with Crippen LogP contribution in [0.3, 0.4) is 0 Å². The van der Waals surface area contributed by atoms with Gasteiger partial charge in [0.2, 0.25) is 0 Å². The van der Waals surface area contributed by atoms with E-state index in [4.69, 9.17) is 0 Å². The maximum atomic E-state index is 13.8. The van der Waals surface area contributed by atoms with Crippen molar-refractivity contribution in [2.24, 2.45) is 5.92 Å². The van der Waals surface area contributed by atoms with E-state index in [0.717, 1.165) is 32.0 Å². The van der Waals surface area contributed by atoms with Gasteiger partial charge in [0.25, 0.3) is 5.91 Å². The Balaban J connectivity index is 2.00. The summed E-state index contributed by atoms with van der Waals surface area (Å²) in [4.78, 5) is 14.0. The van der Waals surface area contributed by atoms with E-state index in [1.807, 2.05) is 0 Å². The first-order valence-corrected chi connectivity index (χ1v) is 7.48. The third kappa shape index (κ3) is 3.79. The van der Waals surface area contributed by atoms with Gasteiger partial charge in [0, 0.05) is 19.2 Å². The number of benzene rings is 1. The number of piperidine rings is 1. The van der Waals surface area contributed by atoms with E-state index in [2.05, 4.69) is 12.2 Å². The standard InChI is InChI=1S/C16H22F2N2O/c1-3-19-10-12-4-6-20(7-5-12)16(21)13-8-11(2)14(17)9-15(13)18/h8-9,12,19H,3-7,10H2,1-2H3. The van der Waals surface area contributed by atoms with Crippen LogP contribution in [0.2, 0.25) is 0 Å². The normalized spacial score (nSPS) is 16.3. The molecule has 21 heavy (non-hydrogen) atoms. The Hall–Kier alpha value is -1.49. The molecule has 116 valence electrons. The summed E-state index contributed by atoms with van der Waals surface area (Å²) in [7, 11) is 0. The molecule has 5 heteroatoms. The highest BCUT2D eigenvalue weighted by atomic mass is 19.1. The Kier molecular flexibility index (Phi) is 5.28. The first-order chi connectivity index (χ1) is 10.0.